The van der Waals surface area contributed by atoms with Gasteiger partial charge in [0.2, 0.25) is 5.91 Å². The van der Waals surface area contributed by atoms with Gasteiger partial charge >= 0.3 is 0 Å². The van der Waals surface area contributed by atoms with Crippen LogP contribution in [0.4, 0.5) is 5.69 Å². The summed E-state index contributed by atoms with van der Waals surface area (Å²) in [6.07, 6.45) is 0.427. The number of carbonyl (C=O) groups is 1. The number of ether oxygens (including phenoxy) is 1. The zero-order chi connectivity index (χ0) is 14.2. The number of amides is 1. The van der Waals surface area contributed by atoms with E-state index >= 15 is 0 Å². The molecule has 2 aromatic rings. The molecule has 0 aliphatic heterocycles. The summed E-state index contributed by atoms with van der Waals surface area (Å²) in [6.45, 7) is 0.646. The van der Waals surface area contributed by atoms with Crippen molar-refractivity contribution in [2.24, 2.45) is 0 Å². The van der Waals surface area contributed by atoms with Crippen molar-refractivity contribution in [3.05, 3.63) is 54.6 Å². The van der Waals surface area contributed by atoms with Crippen molar-refractivity contribution < 1.29 is 9.53 Å². The minimum atomic E-state index is -0.0385. The van der Waals surface area contributed by atoms with Crippen LogP contribution in [0.3, 0.4) is 0 Å². The highest BCUT2D eigenvalue weighted by molar-refractivity contribution is 5.92. The van der Waals surface area contributed by atoms with Crippen molar-refractivity contribution in [3.8, 4) is 11.5 Å². The van der Waals surface area contributed by atoms with E-state index in [9.17, 15) is 4.79 Å². The number of benzene rings is 2. The molecule has 0 heterocycles. The van der Waals surface area contributed by atoms with E-state index in [0.717, 1.165) is 5.75 Å². The van der Waals surface area contributed by atoms with Crippen LogP contribution >= 0.6 is 0 Å². The Balaban J connectivity index is 2.08. The zero-order valence-corrected chi connectivity index (χ0v) is 11.4. The average Bonchev–Trinajstić information content (AvgIpc) is 2.48. The second-order valence-corrected chi connectivity index (χ2v) is 4.31. The monoisotopic (exact) mass is 270 g/mol. The standard InChI is InChI=1S/C16H18N2O2/c1-17-12-11-16(19)18-14-9-5-6-10-15(14)20-13-7-3-2-4-8-13/h2-10,17H,11-12H2,1H3,(H,18,19). The lowest BCUT2D eigenvalue weighted by atomic mass is 10.2. The van der Waals surface area contributed by atoms with Crippen molar-refractivity contribution in [1.82, 2.24) is 5.32 Å². The predicted octanol–water partition coefficient (Wildman–Crippen LogP) is 3.03. The molecule has 0 fully saturated rings. The molecule has 20 heavy (non-hydrogen) atoms. The van der Waals surface area contributed by atoms with E-state index < -0.39 is 0 Å². The topological polar surface area (TPSA) is 50.4 Å². The zero-order valence-electron chi connectivity index (χ0n) is 11.4. The fourth-order valence-corrected chi connectivity index (χ4v) is 1.73. The Morgan fingerprint density at radius 2 is 1.75 bits per heavy atom. The van der Waals surface area contributed by atoms with Gasteiger partial charge in [-0.15, -0.1) is 0 Å². The number of anilines is 1. The number of rotatable bonds is 6. The van der Waals surface area contributed by atoms with Crippen molar-refractivity contribution >= 4 is 11.6 Å². The van der Waals surface area contributed by atoms with Crippen molar-refractivity contribution in [2.75, 3.05) is 18.9 Å². The van der Waals surface area contributed by atoms with Gasteiger partial charge in [0.25, 0.3) is 0 Å². The van der Waals surface area contributed by atoms with Gasteiger partial charge in [-0.2, -0.15) is 0 Å². The Morgan fingerprint density at radius 3 is 2.50 bits per heavy atom. The molecule has 4 nitrogen and oxygen atoms in total. The van der Waals surface area contributed by atoms with Crippen LogP contribution in [0, 0.1) is 0 Å². The van der Waals surface area contributed by atoms with Crippen molar-refractivity contribution in [1.29, 1.82) is 0 Å². The molecule has 2 aromatic carbocycles. The minimum absolute atomic E-state index is 0.0385. The van der Waals surface area contributed by atoms with E-state index in [1.54, 1.807) is 0 Å². The fraction of sp³-hybridized carbons (Fsp3) is 0.188. The van der Waals surface area contributed by atoms with Crippen LogP contribution < -0.4 is 15.4 Å². The molecule has 2 N–H and O–H groups in total. The van der Waals surface area contributed by atoms with E-state index in [0.29, 0.717) is 24.4 Å². The van der Waals surface area contributed by atoms with Gasteiger partial charge in [-0.1, -0.05) is 30.3 Å². The molecule has 0 saturated heterocycles. The molecule has 0 saturated carbocycles. The molecule has 0 aliphatic rings. The van der Waals surface area contributed by atoms with Crippen LogP contribution in [0.1, 0.15) is 6.42 Å². The van der Waals surface area contributed by atoms with Gasteiger partial charge in [-0.3, -0.25) is 4.79 Å². The normalized spacial score (nSPS) is 10.1. The van der Waals surface area contributed by atoms with Gasteiger partial charge in [-0.05, 0) is 31.3 Å². The van der Waals surface area contributed by atoms with Crippen LogP contribution in [0.2, 0.25) is 0 Å². The quantitative estimate of drug-likeness (QED) is 0.848. The second-order valence-electron chi connectivity index (χ2n) is 4.31. The summed E-state index contributed by atoms with van der Waals surface area (Å²) in [4.78, 5) is 11.8. The maximum Gasteiger partial charge on any atom is 0.225 e. The van der Waals surface area contributed by atoms with Gasteiger partial charge in [0, 0.05) is 13.0 Å². The summed E-state index contributed by atoms with van der Waals surface area (Å²) >= 11 is 0. The SMILES string of the molecule is CNCCC(=O)Nc1ccccc1Oc1ccccc1. The molecule has 0 atom stereocenters. The maximum absolute atomic E-state index is 11.8. The van der Waals surface area contributed by atoms with Crippen LogP contribution in [-0.4, -0.2) is 19.5 Å². The highest BCUT2D eigenvalue weighted by Gasteiger charge is 2.07. The van der Waals surface area contributed by atoms with E-state index in [-0.39, 0.29) is 5.91 Å². The summed E-state index contributed by atoms with van der Waals surface area (Å²) < 4.78 is 5.78. The summed E-state index contributed by atoms with van der Waals surface area (Å²) in [5.41, 5.74) is 0.678. The van der Waals surface area contributed by atoms with Gasteiger partial charge in [0.1, 0.15) is 5.75 Å². The molecule has 2 rings (SSSR count). The van der Waals surface area contributed by atoms with E-state index in [2.05, 4.69) is 10.6 Å². The number of para-hydroxylation sites is 3. The molecular formula is C16H18N2O2. The third kappa shape index (κ3) is 4.10. The molecule has 4 heteroatoms. The average molecular weight is 270 g/mol. The lowest BCUT2D eigenvalue weighted by Gasteiger charge is -2.12. The van der Waals surface area contributed by atoms with Gasteiger partial charge in [0.15, 0.2) is 5.75 Å². The Labute approximate surface area is 118 Å². The van der Waals surface area contributed by atoms with Gasteiger partial charge in [-0.25, -0.2) is 0 Å². The van der Waals surface area contributed by atoms with Crippen LogP contribution in [-0.2, 0) is 4.79 Å². The molecule has 0 unspecified atom stereocenters. The Hall–Kier alpha value is -2.33. The molecule has 0 bridgehead atoms. The van der Waals surface area contributed by atoms with Crippen LogP contribution in [0.25, 0.3) is 0 Å². The third-order valence-electron chi connectivity index (χ3n) is 2.73. The third-order valence-corrected chi connectivity index (χ3v) is 2.73. The Bertz CT molecular complexity index is 555. The number of hydrogen-bond acceptors (Lipinski definition) is 3. The van der Waals surface area contributed by atoms with Gasteiger partial charge < -0.3 is 15.4 Å². The largest absolute Gasteiger partial charge is 0.455 e. The second kappa shape index (κ2) is 7.31. The summed E-state index contributed by atoms with van der Waals surface area (Å²) in [6, 6.07) is 16.9. The van der Waals surface area contributed by atoms with Crippen molar-refractivity contribution in [3.63, 3.8) is 0 Å². The molecule has 0 aliphatic carbocycles. The van der Waals surface area contributed by atoms with E-state index in [1.807, 2.05) is 61.6 Å². The first kappa shape index (κ1) is 14.1. The first-order chi connectivity index (χ1) is 9.79. The molecule has 0 radical (unpaired) electrons. The summed E-state index contributed by atoms with van der Waals surface area (Å²) in [5.74, 6) is 1.34. The van der Waals surface area contributed by atoms with Crippen LogP contribution in [0.15, 0.2) is 54.6 Å². The predicted molar refractivity (Wildman–Crippen MR) is 80.1 cm³/mol. The molecule has 0 aromatic heterocycles. The molecule has 104 valence electrons. The lowest BCUT2D eigenvalue weighted by molar-refractivity contribution is -0.116. The van der Waals surface area contributed by atoms with Gasteiger partial charge in [0.05, 0.1) is 5.69 Å². The lowest BCUT2D eigenvalue weighted by Crippen LogP contribution is -2.18. The highest BCUT2D eigenvalue weighted by Crippen LogP contribution is 2.29. The molecule has 0 spiro atoms. The highest BCUT2D eigenvalue weighted by atomic mass is 16.5. The first-order valence-corrected chi connectivity index (χ1v) is 6.56. The van der Waals surface area contributed by atoms with Crippen LogP contribution in [0.5, 0.6) is 11.5 Å². The first-order valence-electron chi connectivity index (χ1n) is 6.56. The van der Waals surface area contributed by atoms with E-state index in [1.165, 1.54) is 0 Å². The Morgan fingerprint density at radius 1 is 1.05 bits per heavy atom. The molecule has 1 amide bonds. The summed E-state index contributed by atoms with van der Waals surface area (Å²) in [5, 5.41) is 5.81. The molecular weight excluding hydrogens is 252 g/mol. The number of nitrogens with one attached hydrogen (secondary N) is 2. The van der Waals surface area contributed by atoms with Crippen molar-refractivity contribution in [2.45, 2.75) is 6.42 Å². The van der Waals surface area contributed by atoms with E-state index in [4.69, 9.17) is 4.74 Å². The minimum Gasteiger partial charge on any atom is -0.455 e. The number of hydrogen-bond donors (Lipinski definition) is 2. The maximum atomic E-state index is 11.8. The Kier molecular flexibility index (Phi) is 5.15. The number of carbonyl (C=O) groups excluding carboxylic acids is 1. The fourth-order valence-electron chi connectivity index (χ4n) is 1.73. The summed E-state index contributed by atoms with van der Waals surface area (Å²) in [7, 11) is 1.82. The smallest absolute Gasteiger partial charge is 0.225 e.